The predicted molar refractivity (Wildman–Crippen MR) is 76.4 cm³/mol. The molecule has 1 atom stereocenters. The fourth-order valence-corrected chi connectivity index (χ4v) is 2.44. The molecule has 0 bridgehead atoms. The largest absolute Gasteiger partial charge is 0.478 e. The number of carboxylic acids is 1. The van der Waals surface area contributed by atoms with Crippen molar-refractivity contribution in [2.24, 2.45) is 0 Å². The molecule has 2 heterocycles. The third-order valence-corrected chi connectivity index (χ3v) is 3.40. The van der Waals surface area contributed by atoms with Crippen LogP contribution in [0, 0.1) is 13.8 Å². The number of rotatable bonds is 4. The molecule has 0 radical (unpaired) electrons. The lowest BCUT2D eigenvalue weighted by atomic mass is 10.1. The van der Waals surface area contributed by atoms with Crippen molar-refractivity contribution >= 4 is 11.8 Å². The van der Waals surface area contributed by atoms with Crippen molar-refractivity contribution in [2.45, 2.75) is 20.0 Å². The number of ether oxygens (including phenoxy) is 1. The van der Waals surface area contributed by atoms with Crippen molar-refractivity contribution in [3.63, 3.8) is 0 Å². The highest BCUT2D eigenvalue weighted by Crippen LogP contribution is 2.19. The summed E-state index contributed by atoms with van der Waals surface area (Å²) in [6, 6.07) is 1.78. The summed E-state index contributed by atoms with van der Waals surface area (Å²) in [5, 5.41) is 12.4. The van der Waals surface area contributed by atoms with E-state index in [1.165, 1.54) is 0 Å². The molecule has 20 heavy (non-hydrogen) atoms. The molecule has 1 aliphatic heterocycles. The van der Waals surface area contributed by atoms with Gasteiger partial charge in [-0.05, 0) is 32.5 Å². The normalized spacial score (nSPS) is 19.9. The topological polar surface area (TPSA) is 74.7 Å². The number of pyridine rings is 1. The van der Waals surface area contributed by atoms with Gasteiger partial charge in [0.2, 0.25) is 0 Å². The van der Waals surface area contributed by atoms with Crippen molar-refractivity contribution < 1.29 is 14.6 Å². The summed E-state index contributed by atoms with van der Waals surface area (Å²) in [7, 11) is 2.05. The van der Waals surface area contributed by atoms with Crippen molar-refractivity contribution in [1.82, 2.24) is 9.88 Å². The molecule has 1 aromatic rings. The van der Waals surface area contributed by atoms with Gasteiger partial charge in [-0.2, -0.15) is 0 Å². The second-order valence-corrected chi connectivity index (χ2v) is 5.25. The fourth-order valence-electron chi connectivity index (χ4n) is 2.44. The number of anilines is 1. The maximum absolute atomic E-state index is 11.3. The molecule has 2 N–H and O–H groups in total. The van der Waals surface area contributed by atoms with E-state index in [0.29, 0.717) is 24.5 Å². The lowest BCUT2D eigenvalue weighted by Crippen LogP contribution is -2.43. The highest BCUT2D eigenvalue weighted by Gasteiger charge is 2.20. The van der Waals surface area contributed by atoms with Gasteiger partial charge in [0.05, 0.1) is 12.7 Å². The average molecular weight is 279 g/mol. The molecule has 1 unspecified atom stereocenters. The first kappa shape index (κ1) is 14.7. The molecule has 1 fully saturated rings. The van der Waals surface area contributed by atoms with Crippen LogP contribution in [0.1, 0.15) is 21.6 Å². The average Bonchev–Trinajstić information content (AvgIpc) is 2.35. The third kappa shape index (κ3) is 3.46. The summed E-state index contributed by atoms with van der Waals surface area (Å²) in [5.74, 6) is -0.536. The number of nitrogens with zero attached hydrogens (tertiary/aromatic N) is 2. The molecule has 1 aliphatic rings. The molecule has 0 aliphatic carbocycles. The number of carboxylic acid groups (broad SMARTS) is 1. The Hall–Kier alpha value is -1.66. The number of nitrogens with one attached hydrogen (secondary N) is 1. The van der Waals surface area contributed by atoms with Crippen molar-refractivity contribution in [3.05, 3.63) is 22.9 Å². The highest BCUT2D eigenvalue weighted by atomic mass is 16.5. The lowest BCUT2D eigenvalue weighted by Gasteiger charge is -2.30. The van der Waals surface area contributed by atoms with Crippen LogP contribution in [0.3, 0.4) is 0 Å². The molecule has 1 aromatic heterocycles. The molecule has 110 valence electrons. The van der Waals surface area contributed by atoms with E-state index in [0.717, 1.165) is 18.8 Å². The number of morpholine rings is 1. The number of likely N-dealkylation sites (N-methyl/N-ethyl adjacent to an activating group) is 1. The van der Waals surface area contributed by atoms with Gasteiger partial charge in [0.25, 0.3) is 0 Å². The van der Waals surface area contributed by atoms with E-state index in [1.54, 1.807) is 13.0 Å². The van der Waals surface area contributed by atoms with Gasteiger partial charge in [0.15, 0.2) is 0 Å². The third-order valence-electron chi connectivity index (χ3n) is 3.40. The quantitative estimate of drug-likeness (QED) is 0.861. The van der Waals surface area contributed by atoms with Gasteiger partial charge in [-0.3, -0.25) is 0 Å². The molecule has 2 rings (SSSR count). The van der Waals surface area contributed by atoms with Gasteiger partial charge in [-0.1, -0.05) is 0 Å². The van der Waals surface area contributed by atoms with Gasteiger partial charge >= 0.3 is 5.97 Å². The summed E-state index contributed by atoms with van der Waals surface area (Å²) in [6.07, 6.45) is 0.0537. The number of aryl methyl sites for hydroxylation is 2. The molecular weight excluding hydrogens is 258 g/mol. The molecule has 0 saturated carbocycles. The van der Waals surface area contributed by atoms with Gasteiger partial charge in [0, 0.05) is 25.3 Å². The van der Waals surface area contributed by atoms with Crippen LogP contribution in [-0.2, 0) is 4.74 Å². The maximum Gasteiger partial charge on any atom is 0.339 e. The van der Waals surface area contributed by atoms with Crippen LogP contribution < -0.4 is 5.32 Å². The Kier molecular flexibility index (Phi) is 4.57. The van der Waals surface area contributed by atoms with E-state index in [-0.39, 0.29) is 11.7 Å². The van der Waals surface area contributed by atoms with E-state index in [1.807, 2.05) is 14.0 Å². The molecule has 0 aromatic carbocycles. The van der Waals surface area contributed by atoms with Crippen LogP contribution in [0.25, 0.3) is 0 Å². The van der Waals surface area contributed by atoms with Crippen LogP contribution in [0.2, 0.25) is 0 Å². The zero-order valence-corrected chi connectivity index (χ0v) is 12.1. The van der Waals surface area contributed by atoms with Crippen LogP contribution >= 0.6 is 0 Å². The summed E-state index contributed by atoms with van der Waals surface area (Å²) in [5.41, 5.74) is 1.76. The number of aromatic carboxylic acids is 1. The van der Waals surface area contributed by atoms with E-state index in [4.69, 9.17) is 4.74 Å². The second kappa shape index (κ2) is 6.19. The Labute approximate surface area is 118 Å². The molecular formula is C14H21N3O3. The Bertz CT molecular complexity index is 505. The van der Waals surface area contributed by atoms with Gasteiger partial charge in [-0.15, -0.1) is 0 Å². The number of hydrogen-bond acceptors (Lipinski definition) is 5. The van der Waals surface area contributed by atoms with E-state index in [2.05, 4.69) is 15.2 Å². The first-order valence-corrected chi connectivity index (χ1v) is 6.73. The summed E-state index contributed by atoms with van der Waals surface area (Å²) in [6.45, 7) is 6.66. The molecule has 6 heteroatoms. The van der Waals surface area contributed by atoms with Crippen LogP contribution in [0.5, 0.6) is 0 Å². The second-order valence-electron chi connectivity index (χ2n) is 5.25. The van der Waals surface area contributed by atoms with Crippen molar-refractivity contribution in [2.75, 3.05) is 38.6 Å². The summed E-state index contributed by atoms with van der Waals surface area (Å²) >= 11 is 0. The number of carbonyl (C=O) groups is 1. The zero-order valence-electron chi connectivity index (χ0n) is 12.1. The number of hydrogen-bond donors (Lipinski definition) is 2. The van der Waals surface area contributed by atoms with Gasteiger partial charge < -0.3 is 20.1 Å². The van der Waals surface area contributed by atoms with E-state index >= 15 is 0 Å². The molecule has 0 amide bonds. The monoisotopic (exact) mass is 279 g/mol. The number of aromatic nitrogens is 1. The van der Waals surface area contributed by atoms with E-state index in [9.17, 15) is 9.90 Å². The van der Waals surface area contributed by atoms with Crippen LogP contribution in [-0.4, -0.2) is 60.4 Å². The van der Waals surface area contributed by atoms with Crippen LogP contribution in [0.4, 0.5) is 5.82 Å². The van der Waals surface area contributed by atoms with Crippen molar-refractivity contribution in [3.8, 4) is 0 Å². The Balaban J connectivity index is 2.10. The first-order valence-electron chi connectivity index (χ1n) is 6.73. The molecule has 1 saturated heterocycles. The Morgan fingerprint density at radius 1 is 1.60 bits per heavy atom. The summed E-state index contributed by atoms with van der Waals surface area (Å²) in [4.78, 5) is 17.8. The minimum Gasteiger partial charge on any atom is -0.478 e. The standard InChI is InChI=1S/C14H21N3O3/c1-9-6-10(2)16-13(12(9)14(18)19)15-7-11-8-17(3)4-5-20-11/h6,11H,4-5,7-8H2,1-3H3,(H,15,16)(H,18,19). The predicted octanol–water partition coefficient (Wildman–Crippen LogP) is 1.14. The van der Waals surface area contributed by atoms with Crippen molar-refractivity contribution in [1.29, 1.82) is 0 Å². The van der Waals surface area contributed by atoms with Crippen LogP contribution in [0.15, 0.2) is 6.07 Å². The fraction of sp³-hybridized carbons (Fsp3) is 0.571. The lowest BCUT2D eigenvalue weighted by molar-refractivity contribution is -0.0117. The highest BCUT2D eigenvalue weighted by molar-refractivity contribution is 5.94. The molecule has 6 nitrogen and oxygen atoms in total. The van der Waals surface area contributed by atoms with Gasteiger partial charge in [0.1, 0.15) is 11.4 Å². The van der Waals surface area contributed by atoms with Gasteiger partial charge in [-0.25, -0.2) is 9.78 Å². The smallest absolute Gasteiger partial charge is 0.339 e. The zero-order chi connectivity index (χ0) is 14.7. The summed E-state index contributed by atoms with van der Waals surface area (Å²) < 4.78 is 5.65. The molecule has 0 spiro atoms. The van der Waals surface area contributed by atoms with E-state index < -0.39 is 5.97 Å². The minimum absolute atomic E-state index is 0.0537. The Morgan fingerprint density at radius 3 is 3.00 bits per heavy atom. The minimum atomic E-state index is -0.959. The maximum atomic E-state index is 11.3. The first-order chi connectivity index (χ1) is 9.47. The Morgan fingerprint density at radius 2 is 2.35 bits per heavy atom. The SMILES string of the molecule is Cc1cc(C)c(C(=O)O)c(NCC2CN(C)CCO2)n1.